The molecule has 0 saturated carbocycles. The standard InChI is InChI=1S/C20H30N6O3/c21-18(28)17-9-5-11-26(17)19(29)16(12-14-6-2-1-3-7-14)25-15(13-27)8-4-10-24-20(22)23/h1-3,6-7,13,15-17,25H,4-5,8-12H2,(H2,21,28)(H4,22,23,24)/t15?,16-,17+/m1/s1. The molecule has 1 unspecified atom stereocenters. The highest BCUT2D eigenvalue weighted by Crippen LogP contribution is 2.19. The molecular weight excluding hydrogens is 372 g/mol. The van der Waals surface area contributed by atoms with Gasteiger partial charge in [-0.15, -0.1) is 0 Å². The monoisotopic (exact) mass is 402 g/mol. The van der Waals surface area contributed by atoms with E-state index in [2.05, 4.69) is 10.3 Å². The summed E-state index contributed by atoms with van der Waals surface area (Å²) in [5.41, 5.74) is 17.0. The molecule has 9 nitrogen and oxygen atoms in total. The fraction of sp³-hybridized carbons (Fsp3) is 0.500. The number of primary amides is 1. The Labute approximate surface area is 170 Å². The maximum absolute atomic E-state index is 13.2. The number of likely N-dealkylation sites (tertiary alicyclic amines) is 1. The third kappa shape index (κ3) is 6.86. The second-order valence-corrected chi connectivity index (χ2v) is 7.19. The number of nitrogens with zero attached hydrogens (tertiary/aromatic N) is 2. The molecule has 0 spiro atoms. The lowest BCUT2D eigenvalue weighted by molar-refractivity contribution is -0.139. The van der Waals surface area contributed by atoms with Crippen LogP contribution in [0, 0.1) is 0 Å². The molecule has 0 bridgehead atoms. The van der Waals surface area contributed by atoms with E-state index < -0.39 is 24.0 Å². The van der Waals surface area contributed by atoms with Gasteiger partial charge in [0.05, 0.1) is 12.1 Å². The number of hydrogen-bond donors (Lipinski definition) is 4. The number of hydrogen-bond acceptors (Lipinski definition) is 5. The van der Waals surface area contributed by atoms with Crippen molar-refractivity contribution >= 4 is 24.1 Å². The lowest BCUT2D eigenvalue weighted by atomic mass is 10.0. The summed E-state index contributed by atoms with van der Waals surface area (Å²) >= 11 is 0. The maximum Gasteiger partial charge on any atom is 0.240 e. The van der Waals surface area contributed by atoms with Crippen LogP contribution in [0.2, 0.25) is 0 Å². The zero-order chi connectivity index (χ0) is 21.2. The zero-order valence-electron chi connectivity index (χ0n) is 16.5. The first kappa shape index (κ1) is 22.4. The Morgan fingerprint density at radius 3 is 2.59 bits per heavy atom. The first-order valence-electron chi connectivity index (χ1n) is 9.82. The predicted octanol–water partition coefficient (Wildman–Crippen LogP) is -0.715. The fourth-order valence-corrected chi connectivity index (χ4v) is 3.56. The van der Waals surface area contributed by atoms with Crippen LogP contribution in [0.25, 0.3) is 0 Å². The summed E-state index contributed by atoms with van der Waals surface area (Å²) in [5, 5.41) is 3.15. The third-order valence-corrected chi connectivity index (χ3v) is 4.99. The molecule has 1 aromatic carbocycles. The zero-order valence-corrected chi connectivity index (χ0v) is 16.5. The second kappa shape index (κ2) is 11.2. The van der Waals surface area contributed by atoms with Gasteiger partial charge in [-0.3, -0.25) is 19.9 Å². The number of nitrogens with one attached hydrogen (secondary N) is 1. The van der Waals surface area contributed by atoms with Crippen molar-refractivity contribution in [1.82, 2.24) is 10.2 Å². The highest BCUT2D eigenvalue weighted by atomic mass is 16.2. The summed E-state index contributed by atoms with van der Waals surface area (Å²) < 4.78 is 0. The number of guanidine groups is 1. The molecule has 7 N–H and O–H groups in total. The highest BCUT2D eigenvalue weighted by molar-refractivity contribution is 5.90. The van der Waals surface area contributed by atoms with Crippen LogP contribution in [0.3, 0.4) is 0 Å². The number of aldehydes is 1. The number of benzene rings is 1. The van der Waals surface area contributed by atoms with Crippen LogP contribution < -0.4 is 22.5 Å². The number of aliphatic imine (C=N–C) groups is 1. The molecule has 29 heavy (non-hydrogen) atoms. The van der Waals surface area contributed by atoms with E-state index in [-0.39, 0.29) is 11.9 Å². The molecule has 2 rings (SSSR count). The first-order valence-corrected chi connectivity index (χ1v) is 9.82. The molecule has 0 radical (unpaired) electrons. The quantitative estimate of drug-likeness (QED) is 0.166. The topological polar surface area (TPSA) is 157 Å². The van der Waals surface area contributed by atoms with E-state index in [1.54, 1.807) is 0 Å². The van der Waals surface area contributed by atoms with Crippen molar-refractivity contribution in [3.8, 4) is 0 Å². The molecule has 0 aromatic heterocycles. The normalized spacial score (nSPS) is 18.1. The van der Waals surface area contributed by atoms with Crippen LogP contribution in [0.4, 0.5) is 0 Å². The third-order valence-electron chi connectivity index (χ3n) is 4.99. The van der Waals surface area contributed by atoms with Crippen LogP contribution in [-0.2, 0) is 20.8 Å². The van der Waals surface area contributed by atoms with Crippen LogP contribution in [0.1, 0.15) is 31.2 Å². The van der Waals surface area contributed by atoms with Gasteiger partial charge < -0.3 is 26.9 Å². The Morgan fingerprint density at radius 2 is 1.97 bits per heavy atom. The Bertz CT molecular complexity index is 720. The second-order valence-electron chi connectivity index (χ2n) is 7.19. The summed E-state index contributed by atoms with van der Waals surface area (Å²) in [6, 6.07) is 7.76. The number of carbonyl (C=O) groups is 3. The molecule has 1 aliphatic heterocycles. The summed E-state index contributed by atoms with van der Waals surface area (Å²) in [4.78, 5) is 42.0. The average Bonchev–Trinajstić information content (AvgIpc) is 3.19. The van der Waals surface area contributed by atoms with E-state index in [1.165, 1.54) is 4.90 Å². The van der Waals surface area contributed by atoms with Gasteiger partial charge in [-0.1, -0.05) is 30.3 Å². The Hall–Kier alpha value is -2.94. The minimum Gasteiger partial charge on any atom is -0.370 e. The molecule has 1 aliphatic rings. The number of rotatable bonds is 11. The predicted molar refractivity (Wildman–Crippen MR) is 111 cm³/mol. The van der Waals surface area contributed by atoms with Crippen molar-refractivity contribution in [2.75, 3.05) is 13.1 Å². The lowest BCUT2D eigenvalue weighted by Crippen LogP contribution is -2.54. The molecule has 1 saturated heterocycles. The summed E-state index contributed by atoms with van der Waals surface area (Å²) in [5.74, 6) is -0.714. The Morgan fingerprint density at radius 1 is 1.24 bits per heavy atom. The molecule has 0 aliphatic carbocycles. The minimum absolute atomic E-state index is 0.00395. The summed E-state index contributed by atoms with van der Waals surface area (Å²) in [7, 11) is 0. The van der Waals surface area contributed by atoms with E-state index in [1.807, 2.05) is 30.3 Å². The van der Waals surface area contributed by atoms with E-state index in [9.17, 15) is 14.4 Å². The van der Waals surface area contributed by atoms with Crippen LogP contribution in [-0.4, -0.2) is 60.2 Å². The Balaban J connectivity index is 2.11. The van der Waals surface area contributed by atoms with Crippen LogP contribution in [0.15, 0.2) is 35.3 Å². The van der Waals surface area contributed by atoms with E-state index in [4.69, 9.17) is 17.2 Å². The molecule has 3 atom stereocenters. The molecule has 1 heterocycles. The number of nitrogens with two attached hydrogens (primary N) is 3. The van der Waals surface area contributed by atoms with Crippen LogP contribution in [0.5, 0.6) is 0 Å². The molecule has 1 aromatic rings. The minimum atomic E-state index is -0.643. The molecule has 158 valence electrons. The van der Waals surface area contributed by atoms with E-state index in [0.717, 1.165) is 18.3 Å². The Kier molecular flexibility index (Phi) is 8.60. The average molecular weight is 402 g/mol. The summed E-state index contributed by atoms with van der Waals surface area (Å²) in [6.45, 7) is 0.886. The van der Waals surface area contributed by atoms with Crippen molar-refractivity contribution in [3.05, 3.63) is 35.9 Å². The molecule has 2 amide bonds. The van der Waals surface area contributed by atoms with Crippen molar-refractivity contribution in [2.24, 2.45) is 22.2 Å². The van der Waals surface area contributed by atoms with Gasteiger partial charge in [-0.25, -0.2) is 0 Å². The van der Waals surface area contributed by atoms with Gasteiger partial charge in [-0.05, 0) is 37.7 Å². The van der Waals surface area contributed by atoms with Crippen molar-refractivity contribution < 1.29 is 14.4 Å². The van der Waals surface area contributed by atoms with Gasteiger partial charge in [-0.2, -0.15) is 0 Å². The molecular formula is C20H30N6O3. The van der Waals surface area contributed by atoms with Gasteiger partial charge in [0.2, 0.25) is 11.8 Å². The highest BCUT2D eigenvalue weighted by Gasteiger charge is 2.36. The van der Waals surface area contributed by atoms with E-state index >= 15 is 0 Å². The van der Waals surface area contributed by atoms with Crippen molar-refractivity contribution in [3.63, 3.8) is 0 Å². The van der Waals surface area contributed by atoms with Gasteiger partial charge in [0.1, 0.15) is 12.3 Å². The van der Waals surface area contributed by atoms with Gasteiger partial charge in [0, 0.05) is 13.1 Å². The molecule has 1 fully saturated rings. The van der Waals surface area contributed by atoms with Crippen LogP contribution >= 0.6 is 0 Å². The SMILES string of the molecule is NC(=O)[C@@H]1CCCN1C(=O)[C@@H](Cc1ccccc1)NC(C=O)CCCN=C(N)N. The maximum atomic E-state index is 13.2. The van der Waals surface area contributed by atoms with Gasteiger partial charge in [0.15, 0.2) is 5.96 Å². The van der Waals surface area contributed by atoms with E-state index in [0.29, 0.717) is 38.8 Å². The largest absolute Gasteiger partial charge is 0.370 e. The lowest BCUT2D eigenvalue weighted by Gasteiger charge is -2.29. The number of amides is 2. The van der Waals surface area contributed by atoms with Crippen molar-refractivity contribution in [2.45, 2.75) is 50.2 Å². The van der Waals surface area contributed by atoms with Gasteiger partial charge >= 0.3 is 0 Å². The smallest absolute Gasteiger partial charge is 0.240 e. The first-order chi connectivity index (χ1) is 13.9. The number of carbonyl (C=O) groups excluding carboxylic acids is 3. The van der Waals surface area contributed by atoms with Crippen molar-refractivity contribution in [1.29, 1.82) is 0 Å². The summed E-state index contributed by atoms with van der Waals surface area (Å²) in [6.07, 6.45) is 3.56. The van der Waals surface area contributed by atoms with Gasteiger partial charge in [0.25, 0.3) is 0 Å². The fourth-order valence-electron chi connectivity index (χ4n) is 3.56. The molecule has 9 heteroatoms.